The molecule has 0 unspecified atom stereocenters. The molecule has 0 aromatic carbocycles. The second kappa shape index (κ2) is 3.81. The Morgan fingerprint density at radius 3 is 2.64 bits per heavy atom. The third-order valence-electron chi connectivity index (χ3n) is 1.24. The molecule has 0 aliphatic carbocycles. The van der Waals surface area contributed by atoms with E-state index in [0.717, 1.165) is 6.20 Å². The van der Waals surface area contributed by atoms with Gasteiger partial charge in [0.05, 0.1) is 5.02 Å². The van der Waals surface area contributed by atoms with Gasteiger partial charge in [0.2, 0.25) is 5.96 Å². The summed E-state index contributed by atoms with van der Waals surface area (Å²) < 4.78 is 25.8. The summed E-state index contributed by atoms with van der Waals surface area (Å²) in [5.41, 5.74) is 9.90. The van der Waals surface area contributed by atoms with Gasteiger partial charge >= 0.3 is 0 Å². The van der Waals surface area contributed by atoms with Crippen LogP contribution >= 0.6 is 11.6 Å². The molecule has 0 fully saturated rings. The van der Waals surface area contributed by atoms with Gasteiger partial charge in [-0.1, -0.05) is 11.6 Å². The maximum absolute atomic E-state index is 11.4. The van der Waals surface area contributed by atoms with Crippen LogP contribution in [-0.2, 0) is 10.0 Å². The fourth-order valence-corrected chi connectivity index (χ4v) is 2.02. The number of guanidine groups is 1. The van der Waals surface area contributed by atoms with Crippen LogP contribution in [-0.4, -0.2) is 19.4 Å². The van der Waals surface area contributed by atoms with Gasteiger partial charge in [-0.15, -0.1) is 4.40 Å². The van der Waals surface area contributed by atoms with E-state index in [1.807, 2.05) is 0 Å². The molecule has 0 atom stereocenters. The third-order valence-corrected chi connectivity index (χ3v) is 3.01. The van der Waals surface area contributed by atoms with Gasteiger partial charge in [-0.05, 0) is 6.07 Å². The second-order valence-electron chi connectivity index (χ2n) is 2.30. The van der Waals surface area contributed by atoms with Gasteiger partial charge in [0, 0.05) is 12.4 Å². The summed E-state index contributed by atoms with van der Waals surface area (Å²) in [7, 11) is -3.95. The first-order valence-corrected chi connectivity index (χ1v) is 5.21. The van der Waals surface area contributed by atoms with Crippen molar-refractivity contribution in [3.8, 4) is 0 Å². The van der Waals surface area contributed by atoms with Crippen molar-refractivity contribution < 1.29 is 8.42 Å². The largest absolute Gasteiger partial charge is 0.369 e. The van der Waals surface area contributed by atoms with E-state index in [1.54, 1.807) is 0 Å². The molecule has 0 saturated carbocycles. The highest BCUT2D eigenvalue weighted by Crippen LogP contribution is 2.20. The summed E-state index contributed by atoms with van der Waals surface area (Å²) in [6.45, 7) is 0. The van der Waals surface area contributed by atoms with Crippen molar-refractivity contribution in [3.63, 3.8) is 0 Å². The van der Waals surface area contributed by atoms with Crippen LogP contribution in [0.15, 0.2) is 27.8 Å². The first-order chi connectivity index (χ1) is 6.43. The number of nitrogens with zero attached hydrogens (tertiary/aromatic N) is 2. The van der Waals surface area contributed by atoms with Gasteiger partial charge in [0.15, 0.2) is 0 Å². The van der Waals surface area contributed by atoms with E-state index in [1.165, 1.54) is 12.3 Å². The minimum atomic E-state index is -3.95. The SMILES string of the molecule is NC(N)=NS(=O)(=O)c1cnccc1Cl. The molecule has 0 spiro atoms. The van der Waals surface area contributed by atoms with E-state index in [-0.39, 0.29) is 9.92 Å². The summed E-state index contributed by atoms with van der Waals surface area (Å²) in [5, 5.41) is 0.0185. The molecule has 0 aliphatic rings. The topological polar surface area (TPSA) is 111 Å². The lowest BCUT2D eigenvalue weighted by Gasteiger charge is -1.99. The van der Waals surface area contributed by atoms with Gasteiger partial charge in [-0.25, -0.2) is 0 Å². The highest BCUT2D eigenvalue weighted by molar-refractivity contribution is 7.90. The molecule has 0 saturated heterocycles. The van der Waals surface area contributed by atoms with Crippen LogP contribution in [0.2, 0.25) is 5.02 Å². The maximum Gasteiger partial charge on any atom is 0.288 e. The van der Waals surface area contributed by atoms with Crippen molar-refractivity contribution in [1.82, 2.24) is 4.98 Å². The molecule has 0 radical (unpaired) electrons. The normalized spacial score (nSPS) is 10.9. The lowest BCUT2D eigenvalue weighted by Crippen LogP contribution is -2.24. The lowest BCUT2D eigenvalue weighted by atomic mass is 10.5. The van der Waals surface area contributed by atoms with Crippen LogP contribution < -0.4 is 11.5 Å². The van der Waals surface area contributed by atoms with E-state index in [4.69, 9.17) is 23.1 Å². The Bertz CT molecular complexity index is 466. The second-order valence-corrected chi connectivity index (χ2v) is 4.28. The standard InChI is InChI=1S/C6H7ClN4O2S/c7-4-1-2-10-3-5(4)14(12,13)11-6(8)9/h1-3H,(H4,8,9,11). The van der Waals surface area contributed by atoms with Crippen molar-refractivity contribution >= 4 is 27.6 Å². The van der Waals surface area contributed by atoms with Crippen LogP contribution in [0.25, 0.3) is 0 Å². The third kappa shape index (κ3) is 2.33. The fraction of sp³-hybridized carbons (Fsp3) is 0. The smallest absolute Gasteiger partial charge is 0.288 e. The molecule has 14 heavy (non-hydrogen) atoms. The average molecular weight is 235 g/mol. The minimum absolute atomic E-state index is 0.0185. The zero-order valence-corrected chi connectivity index (χ0v) is 8.46. The van der Waals surface area contributed by atoms with E-state index in [0.29, 0.717) is 0 Å². The van der Waals surface area contributed by atoms with E-state index < -0.39 is 16.0 Å². The molecule has 0 aliphatic heterocycles. The highest BCUT2D eigenvalue weighted by atomic mass is 35.5. The maximum atomic E-state index is 11.4. The van der Waals surface area contributed by atoms with Crippen molar-refractivity contribution in [2.75, 3.05) is 0 Å². The number of halogens is 1. The van der Waals surface area contributed by atoms with Crippen LogP contribution in [0.1, 0.15) is 0 Å². The van der Waals surface area contributed by atoms with Gasteiger partial charge < -0.3 is 11.5 Å². The Kier molecular flexibility index (Phi) is 2.92. The van der Waals surface area contributed by atoms with E-state index in [2.05, 4.69) is 9.38 Å². The summed E-state index contributed by atoms with van der Waals surface area (Å²) in [6, 6.07) is 1.33. The average Bonchev–Trinajstić information content (AvgIpc) is 2.02. The van der Waals surface area contributed by atoms with Crippen molar-refractivity contribution in [2.45, 2.75) is 4.90 Å². The van der Waals surface area contributed by atoms with Gasteiger partial charge in [-0.2, -0.15) is 8.42 Å². The zero-order chi connectivity index (χ0) is 10.8. The Labute approximate surface area is 85.7 Å². The van der Waals surface area contributed by atoms with Gasteiger partial charge in [0.1, 0.15) is 4.90 Å². The molecule has 4 N–H and O–H groups in total. The lowest BCUT2D eigenvalue weighted by molar-refractivity contribution is 0.597. The molecule has 76 valence electrons. The number of sulfonamides is 1. The predicted octanol–water partition coefficient (Wildman–Crippen LogP) is -0.303. The summed E-state index contributed by atoms with van der Waals surface area (Å²) in [4.78, 5) is 3.38. The number of rotatable bonds is 2. The molecule has 1 aromatic heterocycles. The number of pyridine rings is 1. The summed E-state index contributed by atoms with van der Waals surface area (Å²) >= 11 is 5.62. The first kappa shape index (κ1) is 10.7. The van der Waals surface area contributed by atoms with Crippen molar-refractivity contribution in [3.05, 3.63) is 23.5 Å². The van der Waals surface area contributed by atoms with Gasteiger partial charge in [-0.3, -0.25) is 4.98 Å². The van der Waals surface area contributed by atoms with E-state index >= 15 is 0 Å². The number of nitrogens with two attached hydrogens (primary N) is 2. The molecule has 0 bridgehead atoms. The summed E-state index contributed by atoms with van der Waals surface area (Å²) in [5.74, 6) is -0.551. The zero-order valence-electron chi connectivity index (χ0n) is 6.88. The molecule has 1 heterocycles. The van der Waals surface area contributed by atoms with Crippen LogP contribution in [0.3, 0.4) is 0 Å². The van der Waals surface area contributed by atoms with Crippen molar-refractivity contribution in [1.29, 1.82) is 0 Å². The quantitative estimate of drug-likeness (QED) is 0.539. The molecule has 6 nitrogen and oxygen atoms in total. The van der Waals surface area contributed by atoms with Crippen LogP contribution in [0, 0.1) is 0 Å². The predicted molar refractivity (Wildman–Crippen MR) is 52.2 cm³/mol. The van der Waals surface area contributed by atoms with Crippen molar-refractivity contribution in [2.24, 2.45) is 15.9 Å². The Morgan fingerprint density at radius 2 is 2.14 bits per heavy atom. The minimum Gasteiger partial charge on any atom is -0.369 e. The Morgan fingerprint density at radius 1 is 1.50 bits per heavy atom. The molecule has 8 heteroatoms. The molecule has 1 rings (SSSR count). The fourth-order valence-electron chi connectivity index (χ4n) is 0.741. The number of hydrogen-bond acceptors (Lipinski definition) is 3. The monoisotopic (exact) mass is 234 g/mol. The highest BCUT2D eigenvalue weighted by Gasteiger charge is 2.16. The Hall–Kier alpha value is -1.34. The summed E-state index contributed by atoms with van der Waals surface area (Å²) in [6.07, 6.45) is 2.43. The first-order valence-electron chi connectivity index (χ1n) is 3.39. The Balaban J connectivity index is 3.32. The van der Waals surface area contributed by atoms with Crippen LogP contribution in [0.4, 0.5) is 0 Å². The molecular weight excluding hydrogens is 228 g/mol. The van der Waals surface area contributed by atoms with Crippen LogP contribution in [0.5, 0.6) is 0 Å². The molecule has 0 amide bonds. The molecule has 1 aromatic rings. The van der Waals surface area contributed by atoms with E-state index in [9.17, 15) is 8.42 Å². The molecular formula is C6H7ClN4O2S. The van der Waals surface area contributed by atoms with Gasteiger partial charge in [0.25, 0.3) is 10.0 Å². The number of hydrogen-bond donors (Lipinski definition) is 2. The number of aromatic nitrogens is 1.